The summed E-state index contributed by atoms with van der Waals surface area (Å²) in [5, 5.41) is 0. The highest BCUT2D eigenvalue weighted by atomic mass is 16.5. The lowest BCUT2D eigenvalue weighted by molar-refractivity contribution is -0.145. The standard InChI is InChI=1S/C12H23NO2/c1-4-15-12(14)9-13(10(2)3)8-11-6-5-7-11/h10-11H,4-9H2,1-3H3. The maximum Gasteiger partial charge on any atom is 0.320 e. The number of carbonyl (C=O) groups excluding carboxylic acids is 1. The van der Waals surface area contributed by atoms with Crippen molar-refractivity contribution < 1.29 is 9.53 Å². The number of ether oxygens (including phenoxy) is 1. The van der Waals surface area contributed by atoms with Crippen molar-refractivity contribution in [3.8, 4) is 0 Å². The van der Waals surface area contributed by atoms with Crippen LogP contribution in [0.4, 0.5) is 0 Å². The zero-order valence-corrected chi connectivity index (χ0v) is 10.2. The molecule has 1 aliphatic carbocycles. The van der Waals surface area contributed by atoms with Crippen molar-refractivity contribution in [1.82, 2.24) is 4.90 Å². The van der Waals surface area contributed by atoms with Gasteiger partial charge >= 0.3 is 5.97 Å². The Morgan fingerprint density at radius 2 is 2.13 bits per heavy atom. The Kier molecular flexibility index (Phi) is 5.09. The minimum absolute atomic E-state index is 0.0921. The summed E-state index contributed by atoms with van der Waals surface area (Å²) in [5.74, 6) is 0.715. The predicted octanol–water partition coefficient (Wildman–Crippen LogP) is 2.06. The molecular weight excluding hydrogens is 190 g/mol. The van der Waals surface area contributed by atoms with Crippen molar-refractivity contribution in [1.29, 1.82) is 0 Å². The van der Waals surface area contributed by atoms with Gasteiger partial charge in [-0.05, 0) is 39.5 Å². The SMILES string of the molecule is CCOC(=O)CN(CC1CCC1)C(C)C. The molecule has 0 aromatic rings. The molecule has 0 aliphatic heterocycles. The van der Waals surface area contributed by atoms with Gasteiger partial charge < -0.3 is 4.74 Å². The summed E-state index contributed by atoms with van der Waals surface area (Å²) in [7, 11) is 0. The van der Waals surface area contributed by atoms with Gasteiger partial charge in [-0.3, -0.25) is 9.69 Å². The van der Waals surface area contributed by atoms with Crippen molar-refractivity contribution in [2.45, 2.75) is 46.1 Å². The first-order valence-corrected chi connectivity index (χ1v) is 6.03. The van der Waals surface area contributed by atoms with Gasteiger partial charge in [0.15, 0.2) is 0 Å². The molecule has 1 saturated carbocycles. The lowest BCUT2D eigenvalue weighted by atomic mass is 9.85. The fourth-order valence-electron chi connectivity index (χ4n) is 1.84. The van der Waals surface area contributed by atoms with E-state index < -0.39 is 0 Å². The highest BCUT2D eigenvalue weighted by molar-refractivity contribution is 5.71. The van der Waals surface area contributed by atoms with Crippen LogP contribution in [-0.4, -0.2) is 36.6 Å². The Morgan fingerprint density at radius 1 is 1.47 bits per heavy atom. The quantitative estimate of drug-likeness (QED) is 0.632. The van der Waals surface area contributed by atoms with Gasteiger partial charge in [0.2, 0.25) is 0 Å². The van der Waals surface area contributed by atoms with E-state index in [1.54, 1.807) is 0 Å². The fraction of sp³-hybridized carbons (Fsp3) is 0.917. The van der Waals surface area contributed by atoms with Crippen LogP contribution in [-0.2, 0) is 9.53 Å². The maximum absolute atomic E-state index is 11.4. The molecule has 88 valence electrons. The van der Waals surface area contributed by atoms with Gasteiger partial charge in [-0.25, -0.2) is 0 Å². The molecule has 0 radical (unpaired) electrons. The molecular formula is C12H23NO2. The summed E-state index contributed by atoms with van der Waals surface area (Å²) in [5.41, 5.74) is 0. The molecule has 0 atom stereocenters. The van der Waals surface area contributed by atoms with E-state index in [1.807, 2.05) is 6.92 Å². The molecule has 1 fully saturated rings. The van der Waals surface area contributed by atoms with Crippen molar-refractivity contribution in [2.24, 2.45) is 5.92 Å². The van der Waals surface area contributed by atoms with Crippen LogP contribution in [0.25, 0.3) is 0 Å². The first-order chi connectivity index (χ1) is 7.13. The van der Waals surface area contributed by atoms with E-state index in [1.165, 1.54) is 19.3 Å². The Balaban J connectivity index is 2.32. The lowest BCUT2D eigenvalue weighted by Gasteiger charge is -2.34. The third-order valence-electron chi connectivity index (χ3n) is 3.09. The van der Waals surface area contributed by atoms with E-state index >= 15 is 0 Å². The number of rotatable bonds is 6. The fourth-order valence-corrected chi connectivity index (χ4v) is 1.84. The highest BCUT2D eigenvalue weighted by Crippen LogP contribution is 2.27. The van der Waals surface area contributed by atoms with E-state index in [0.717, 1.165) is 12.5 Å². The third-order valence-corrected chi connectivity index (χ3v) is 3.09. The second-order valence-electron chi connectivity index (χ2n) is 4.63. The molecule has 0 aromatic heterocycles. The number of hydrogen-bond acceptors (Lipinski definition) is 3. The molecule has 0 spiro atoms. The average molecular weight is 213 g/mol. The van der Waals surface area contributed by atoms with Crippen LogP contribution in [0.5, 0.6) is 0 Å². The number of esters is 1. The molecule has 0 saturated heterocycles. The summed E-state index contributed by atoms with van der Waals surface area (Å²) in [6, 6.07) is 0.426. The molecule has 3 heteroatoms. The van der Waals surface area contributed by atoms with Crippen LogP contribution >= 0.6 is 0 Å². The Bertz CT molecular complexity index is 200. The molecule has 0 heterocycles. The van der Waals surface area contributed by atoms with Gasteiger partial charge in [0.1, 0.15) is 0 Å². The van der Waals surface area contributed by atoms with Gasteiger partial charge in [-0.2, -0.15) is 0 Å². The van der Waals surface area contributed by atoms with E-state index in [9.17, 15) is 4.79 Å². The van der Waals surface area contributed by atoms with Gasteiger partial charge in [-0.15, -0.1) is 0 Å². The Morgan fingerprint density at radius 3 is 2.53 bits per heavy atom. The lowest BCUT2D eigenvalue weighted by Crippen LogP contribution is -2.41. The minimum atomic E-state index is -0.0921. The van der Waals surface area contributed by atoms with E-state index in [4.69, 9.17) is 4.74 Å². The Hall–Kier alpha value is -0.570. The summed E-state index contributed by atoms with van der Waals surface area (Å²) < 4.78 is 4.98. The topological polar surface area (TPSA) is 29.5 Å². The average Bonchev–Trinajstić information content (AvgIpc) is 2.09. The molecule has 1 rings (SSSR count). The van der Waals surface area contributed by atoms with Gasteiger partial charge in [0, 0.05) is 12.6 Å². The maximum atomic E-state index is 11.4. The number of hydrogen-bond donors (Lipinski definition) is 0. The smallest absolute Gasteiger partial charge is 0.320 e. The molecule has 0 unspecified atom stereocenters. The highest BCUT2D eigenvalue weighted by Gasteiger charge is 2.23. The van der Waals surface area contributed by atoms with Crippen molar-refractivity contribution in [2.75, 3.05) is 19.7 Å². The van der Waals surface area contributed by atoms with Crippen LogP contribution in [0, 0.1) is 5.92 Å². The molecule has 1 aliphatic rings. The minimum Gasteiger partial charge on any atom is -0.465 e. The molecule has 0 bridgehead atoms. The molecule has 15 heavy (non-hydrogen) atoms. The second-order valence-corrected chi connectivity index (χ2v) is 4.63. The third kappa shape index (κ3) is 4.20. The molecule has 0 N–H and O–H groups in total. The number of nitrogens with zero attached hydrogens (tertiary/aromatic N) is 1. The summed E-state index contributed by atoms with van der Waals surface area (Å²) in [6.07, 6.45) is 4.01. The van der Waals surface area contributed by atoms with Gasteiger partial charge in [0.05, 0.1) is 13.2 Å². The van der Waals surface area contributed by atoms with Crippen molar-refractivity contribution in [3.63, 3.8) is 0 Å². The van der Waals surface area contributed by atoms with E-state index in [0.29, 0.717) is 19.2 Å². The van der Waals surface area contributed by atoms with Crippen molar-refractivity contribution >= 4 is 5.97 Å². The molecule has 3 nitrogen and oxygen atoms in total. The summed E-state index contributed by atoms with van der Waals surface area (Å²) >= 11 is 0. The van der Waals surface area contributed by atoms with Crippen LogP contribution in [0.1, 0.15) is 40.0 Å². The summed E-state index contributed by atoms with van der Waals surface area (Å²) in [6.45, 7) is 8.10. The van der Waals surface area contributed by atoms with Crippen LogP contribution in [0.3, 0.4) is 0 Å². The zero-order valence-electron chi connectivity index (χ0n) is 10.2. The molecule has 0 aromatic carbocycles. The van der Waals surface area contributed by atoms with Crippen LogP contribution in [0.2, 0.25) is 0 Å². The number of carbonyl (C=O) groups is 1. The van der Waals surface area contributed by atoms with E-state index in [2.05, 4.69) is 18.7 Å². The summed E-state index contributed by atoms with van der Waals surface area (Å²) in [4.78, 5) is 13.6. The second kappa shape index (κ2) is 6.11. The zero-order chi connectivity index (χ0) is 11.3. The first-order valence-electron chi connectivity index (χ1n) is 6.03. The predicted molar refractivity (Wildman–Crippen MR) is 60.7 cm³/mol. The normalized spacial score (nSPS) is 16.9. The molecule has 0 amide bonds. The first kappa shape index (κ1) is 12.5. The van der Waals surface area contributed by atoms with Crippen LogP contribution in [0.15, 0.2) is 0 Å². The van der Waals surface area contributed by atoms with E-state index in [-0.39, 0.29) is 5.97 Å². The van der Waals surface area contributed by atoms with Crippen LogP contribution < -0.4 is 0 Å². The largest absolute Gasteiger partial charge is 0.465 e. The van der Waals surface area contributed by atoms with Crippen molar-refractivity contribution in [3.05, 3.63) is 0 Å². The monoisotopic (exact) mass is 213 g/mol. The van der Waals surface area contributed by atoms with Gasteiger partial charge in [-0.1, -0.05) is 6.42 Å². The van der Waals surface area contributed by atoms with Gasteiger partial charge in [0.25, 0.3) is 0 Å². The Labute approximate surface area is 92.8 Å².